The summed E-state index contributed by atoms with van der Waals surface area (Å²) in [4.78, 5) is 22.1. The highest BCUT2D eigenvalue weighted by atomic mass is 32.1. The Morgan fingerprint density at radius 1 is 1.48 bits per heavy atom. The predicted octanol–water partition coefficient (Wildman–Crippen LogP) is 1.26. The van der Waals surface area contributed by atoms with Crippen LogP contribution in [0.3, 0.4) is 0 Å². The second-order valence-corrected chi connectivity index (χ2v) is 4.54. The Bertz CT molecular complexity index is 828. The molecule has 0 radical (unpaired) electrons. The summed E-state index contributed by atoms with van der Waals surface area (Å²) in [6.45, 7) is 1.56. The summed E-state index contributed by atoms with van der Waals surface area (Å²) in [5, 5.41) is 15.0. The number of benzene rings is 1. The van der Waals surface area contributed by atoms with Crippen LogP contribution in [0.5, 0.6) is 0 Å². The molecule has 0 unspecified atom stereocenters. The molecule has 21 heavy (non-hydrogen) atoms. The lowest BCUT2D eigenvalue weighted by Crippen LogP contribution is -2.26. The van der Waals surface area contributed by atoms with Gasteiger partial charge in [0.2, 0.25) is 0 Å². The lowest BCUT2D eigenvalue weighted by Gasteiger charge is -2.02. The van der Waals surface area contributed by atoms with Gasteiger partial charge in [-0.15, -0.1) is 0 Å². The first-order valence-corrected chi connectivity index (χ1v) is 6.11. The summed E-state index contributed by atoms with van der Waals surface area (Å²) in [6.07, 6.45) is 0. The van der Waals surface area contributed by atoms with E-state index in [1.807, 2.05) is 0 Å². The van der Waals surface area contributed by atoms with Crippen molar-refractivity contribution in [2.75, 3.05) is 0 Å². The highest BCUT2D eigenvalue weighted by molar-refractivity contribution is 7.80. The van der Waals surface area contributed by atoms with Gasteiger partial charge < -0.3 is 10.2 Å². The normalized spacial score (nSPS) is 11.4. The standard InChI is InChI=1S/C12H10N4O4S/c1-6(14-15-12(13)21)9-5-7-4-8(16(18)19)2-3-10(7)20-11(9)17/h2-5H,1H3,(H3,13,15,21)/b14-6-. The molecular formula is C12H10N4O4S. The number of nitrogens with one attached hydrogen (secondary N) is 1. The number of hydrogen-bond acceptors (Lipinski definition) is 6. The van der Waals surface area contributed by atoms with E-state index in [-0.39, 0.29) is 21.9 Å². The SMILES string of the molecule is C/C(=N/NC(N)=S)c1cc2cc([N+](=O)[O-])ccc2oc1=O. The first kappa shape index (κ1) is 14.6. The fourth-order valence-corrected chi connectivity index (χ4v) is 1.72. The first-order chi connectivity index (χ1) is 9.88. The lowest BCUT2D eigenvalue weighted by atomic mass is 10.1. The molecule has 0 fully saturated rings. The van der Waals surface area contributed by atoms with E-state index in [9.17, 15) is 14.9 Å². The van der Waals surface area contributed by atoms with Crippen molar-refractivity contribution in [1.29, 1.82) is 0 Å². The smallest absolute Gasteiger partial charge is 0.345 e. The van der Waals surface area contributed by atoms with Gasteiger partial charge in [-0.3, -0.25) is 15.5 Å². The molecule has 0 spiro atoms. The molecule has 8 nitrogen and oxygen atoms in total. The Hall–Kier alpha value is -2.81. The highest BCUT2D eigenvalue weighted by Gasteiger charge is 2.12. The van der Waals surface area contributed by atoms with Gasteiger partial charge in [0.25, 0.3) is 5.69 Å². The topological polar surface area (TPSA) is 124 Å². The van der Waals surface area contributed by atoms with Crippen molar-refractivity contribution in [3.05, 3.63) is 50.4 Å². The number of nitrogens with zero attached hydrogens (tertiary/aromatic N) is 2. The molecule has 0 amide bonds. The van der Waals surface area contributed by atoms with Crippen molar-refractivity contribution in [2.24, 2.45) is 10.8 Å². The number of non-ortho nitro benzene ring substituents is 1. The molecule has 1 aromatic carbocycles. The van der Waals surface area contributed by atoms with Crippen LogP contribution in [0, 0.1) is 10.1 Å². The molecule has 0 saturated heterocycles. The molecule has 1 aromatic heterocycles. The second-order valence-electron chi connectivity index (χ2n) is 4.10. The number of nitro benzene ring substituents is 1. The van der Waals surface area contributed by atoms with E-state index in [1.54, 1.807) is 6.92 Å². The van der Waals surface area contributed by atoms with E-state index < -0.39 is 10.5 Å². The third-order valence-corrected chi connectivity index (χ3v) is 2.74. The van der Waals surface area contributed by atoms with Crippen LogP contribution in [-0.2, 0) is 0 Å². The molecule has 0 atom stereocenters. The summed E-state index contributed by atoms with van der Waals surface area (Å²) < 4.78 is 5.10. The number of hydrazone groups is 1. The maximum absolute atomic E-state index is 11.9. The van der Waals surface area contributed by atoms with Gasteiger partial charge in [0.05, 0.1) is 16.2 Å². The lowest BCUT2D eigenvalue weighted by molar-refractivity contribution is -0.384. The maximum Gasteiger partial charge on any atom is 0.345 e. The van der Waals surface area contributed by atoms with Crippen LogP contribution in [-0.4, -0.2) is 15.7 Å². The van der Waals surface area contributed by atoms with Crippen molar-refractivity contribution < 1.29 is 9.34 Å². The fraction of sp³-hybridized carbons (Fsp3) is 0.0833. The number of nitrogens with two attached hydrogens (primary N) is 1. The first-order valence-electron chi connectivity index (χ1n) is 5.71. The number of hydrogen-bond donors (Lipinski definition) is 2. The minimum atomic E-state index is -0.609. The molecule has 0 saturated carbocycles. The fourth-order valence-electron chi connectivity index (χ4n) is 1.68. The molecule has 2 rings (SSSR count). The van der Waals surface area contributed by atoms with Gasteiger partial charge >= 0.3 is 5.63 Å². The number of nitro groups is 1. The van der Waals surface area contributed by atoms with Crippen molar-refractivity contribution in [3.8, 4) is 0 Å². The average molecular weight is 306 g/mol. The van der Waals surface area contributed by atoms with Crippen LogP contribution in [0.1, 0.15) is 12.5 Å². The molecule has 0 bridgehead atoms. The largest absolute Gasteiger partial charge is 0.422 e. The Balaban J connectivity index is 2.57. The van der Waals surface area contributed by atoms with Gasteiger partial charge in [0.15, 0.2) is 5.11 Å². The van der Waals surface area contributed by atoms with Gasteiger partial charge in [0.1, 0.15) is 5.58 Å². The highest BCUT2D eigenvalue weighted by Crippen LogP contribution is 2.20. The van der Waals surface area contributed by atoms with Crippen molar-refractivity contribution in [1.82, 2.24) is 5.43 Å². The van der Waals surface area contributed by atoms with Crippen LogP contribution in [0.2, 0.25) is 0 Å². The van der Waals surface area contributed by atoms with E-state index in [4.69, 9.17) is 10.2 Å². The van der Waals surface area contributed by atoms with Gasteiger partial charge in [0, 0.05) is 17.5 Å². The van der Waals surface area contributed by atoms with Crippen LogP contribution < -0.4 is 16.8 Å². The summed E-state index contributed by atoms with van der Waals surface area (Å²) in [5.74, 6) is 0. The molecular weight excluding hydrogens is 296 g/mol. The Morgan fingerprint density at radius 3 is 2.81 bits per heavy atom. The van der Waals surface area contributed by atoms with E-state index in [0.29, 0.717) is 11.1 Å². The van der Waals surface area contributed by atoms with Gasteiger partial charge in [-0.05, 0) is 31.3 Å². The third-order valence-electron chi connectivity index (χ3n) is 2.65. The Morgan fingerprint density at radius 2 is 2.19 bits per heavy atom. The molecule has 2 aromatic rings. The molecule has 0 aliphatic rings. The molecule has 0 aliphatic heterocycles. The second kappa shape index (κ2) is 5.67. The number of thiocarbonyl (C=S) groups is 1. The van der Waals surface area contributed by atoms with Crippen LogP contribution in [0.25, 0.3) is 11.0 Å². The summed E-state index contributed by atoms with van der Waals surface area (Å²) in [6, 6.07) is 5.42. The number of fused-ring (bicyclic) bond motifs is 1. The van der Waals surface area contributed by atoms with Crippen LogP contribution >= 0.6 is 12.2 Å². The van der Waals surface area contributed by atoms with E-state index in [2.05, 4.69) is 22.7 Å². The molecule has 3 N–H and O–H groups in total. The zero-order chi connectivity index (χ0) is 15.6. The van der Waals surface area contributed by atoms with Crippen LogP contribution in [0.4, 0.5) is 5.69 Å². The Kier molecular flexibility index (Phi) is 3.94. The number of rotatable bonds is 3. The summed E-state index contributed by atoms with van der Waals surface area (Å²) in [5.41, 5.74) is 7.60. The molecule has 1 heterocycles. The van der Waals surface area contributed by atoms with Crippen molar-refractivity contribution >= 4 is 39.7 Å². The van der Waals surface area contributed by atoms with Crippen molar-refractivity contribution in [3.63, 3.8) is 0 Å². The summed E-state index contributed by atoms with van der Waals surface area (Å²) in [7, 11) is 0. The van der Waals surface area contributed by atoms with Gasteiger partial charge in [-0.2, -0.15) is 5.10 Å². The predicted molar refractivity (Wildman–Crippen MR) is 81.3 cm³/mol. The Labute approximate surface area is 123 Å². The zero-order valence-electron chi connectivity index (χ0n) is 10.8. The third kappa shape index (κ3) is 3.20. The van der Waals surface area contributed by atoms with Crippen molar-refractivity contribution in [2.45, 2.75) is 6.92 Å². The monoisotopic (exact) mass is 306 g/mol. The minimum Gasteiger partial charge on any atom is -0.422 e. The summed E-state index contributed by atoms with van der Waals surface area (Å²) >= 11 is 4.60. The van der Waals surface area contributed by atoms with E-state index in [1.165, 1.54) is 24.3 Å². The molecule has 9 heteroatoms. The van der Waals surface area contributed by atoms with Crippen LogP contribution in [0.15, 0.2) is 38.6 Å². The molecule has 108 valence electrons. The van der Waals surface area contributed by atoms with E-state index in [0.717, 1.165) is 0 Å². The van der Waals surface area contributed by atoms with E-state index >= 15 is 0 Å². The molecule has 0 aliphatic carbocycles. The average Bonchev–Trinajstić information content (AvgIpc) is 2.43. The quantitative estimate of drug-likeness (QED) is 0.287. The van der Waals surface area contributed by atoms with Gasteiger partial charge in [-0.25, -0.2) is 4.79 Å². The van der Waals surface area contributed by atoms with Gasteiger partial charge in [-0.1, -0.05) is 0 Å². The minimum absolute atomic E-state index is 0.0461. The zero-order valence-corrected chi connectivity index (χ0v) is 11.6. The maximum atomic E-state index is 11.9.